The Morgan fingerprint density at radius 1 is 0.933 bits per heavy atom. The van der Waals surface area contributed by atoms with Crippen molar-refractivity contribution in [3.8, 4) is 22.8 Å². The molecule has 1 aromatic heterocycles. The third-order valence-corrected chi connectivity index (χ3v) is 4.95. The van der Waals surface area contributed by atoms with Crippen LogP contribution in [0.3, 0.4) is 0 Å². The first kappa shape index (κ1) is 20.3. The zero-order valence-corrected chi connectivity index (χ0v) is 15.6. The van der Waals surface area contributed by atoms with Crippen LogP contribution in [0.25, 0.3) is 22.3 Å². The molecule has 1 aliphatic heterocycles. The van der Waals surface area contributed by atoms with E-state index in [1.165, 1.54) is 36.4 Å². The van der Waals surface area contributed by atoms with Gasteiger partial charge in [0.1, 0.15) is 47.3 Å². The van der Waals surface area contributed by atoms with Crippen molar-refractivity contribution < 1.29 is 39.4 Å². The number of hydrogen-bond acceptors (Lipinski definition) is 9. The van der Waals surface area contributed by atoms with E-state index in [9.17, 15) is 30.3 Å². The first-order chi connectivity index (χ1) is 14.4. The molecule has 1 fully saturated rings. The number of phenolic OH excluding ortho intramolecular Hbond substituents is 1. The molecular formula is C21H20O9. The summed E-state index contributed by atoms with van der Waals surface area (Å²) in [7, 11) is 0. The molecule has 9 heteroatoms. The van der Waals surface area contributed by atoms with Gasteiger partial charge in [-0.3, -0.25) is 4.79 Å². The quantitative estimate of drug-likeness (QED) is 0.406. The number of rotatable bonds is 4. The molecule has 1 aliphatic rings. The number of benzene rings is 2. The first-order valence-electron chi connectivity index (χ1n) is 9.22. The fraction of sp³-hybridized carbons (Fsp3) is 0.286. The molecule has 1 saturated heterocycles. The number of aliphatic hydroxyl groups excluding tert-OH is 4. The third kappa shape index (κ3) is 3.76. The molecule has 30 heavy (non-hydrogen) atoms. The Morgan fingerprint density at radius 2 is 1.67 bits per heavy atom. The van der Waals surface area contributed by atoms with Crippen molar-refractivity contribution in [3.05, 3.63) is 58.8 Å². The van der Waals surface area contributed by atoms with Crippen molar-refractivity contribution in [2.45, 2.75) is 30.7 Å². The molecule has 0 radical (unpaired) electrons. The molecule has 5 N–H and O–H groups in total. The topological polar surface area (TPSA) is 150 Å². The summed E-state index contributed by atoms with van der Waals surface area (Å²) in [4.78, 5) is 12.5. The lowest BCUT2D eigenvalue weighted by Crippen LogP contribution is -2.60. The Morgan fingerprint density at radius 3 is 2.37 bits per heavy atom. The highest BCUT2D eigenvalue weighted by atomic mass is 16.7. The number of aliphatic hydroxyl groups is 4. The number of phenols is 1. The van der Waals surface area contributed by atoms with Crippen LogP contribution in [-0.2, 0) is 4.74 Å². The second-order valence-electron chi connectivity index (χ2n) is 6.99. The monoisotopic (exact) mass is 416 g/mol. The van der Waals surface area contributed by atoms with Crippen LogP contribution in [0.2, 0.25) is 0 Å². The Kier molecular flexibility index (Phi) is 5.46. The van der Waals surface area contributed by atoms with E-state index in [0.29, 0.717) is 10.9 Å². The van der Waals surface area contributed by atoms with Crippen LogP contribution in [0, 0.1) is 0 Å². The first-order valence-corrected chi connectivity index (χ1v) is 9.22. The Bertz CT molecular complexity index is 1090. The van der Waals surface area contributed by atoms with Crippen LogP contribution in [-0.4, -0.2) is 62.8 Å². The summed E-state index contributed by atoms with van der Waals surface area (Å²) in [5.74, 6) is 0.549. The van der Waals surface area contributed by atoms with E-state index in [1.54, 1.807) is 12.1 Å². The Hall–Kier alpha value is -2.95. The SMILES string of the molecule is O=c1cc(-c2ccc(O)cc2)oc2cc(O[C@@H]3O[C@H](CO)[C@@H](O)[C@H](O)[C@H]3O)ccc12. The maximum Gasteiger partial charge on any atom is 0.229 e. The summed E-state index contributed by atoms with van der Waals surface area (Å²) >= 11 is 0. The van der Waals surface area contributed by atoms with E-state index in [-0.39, 0.29) is 28.3 Å². The van der Waals surface area contributed by atoms with E-state index in [2.05, 4.69) is 0 Å². The lowest BCUT2D eigenvalue weighted by molar-refractivity contribution is -0.277. The highest BCUT2D eigenvalue weighted by Gasteiger charge is 2.44. The molecule has 5 atom stereocenters. The molecule has 0 unspecified atom stereocenters. The van der Waals surface area contributed by atoms with Crippen LogP contribution < -0.4 is 10.2 Å². The summed E-state index contributed by atoms with van der Waals surface area (Å²) in [6, 6.07) is 11.9. The maximum atomic E-state index is 12.5. The van der Waals surface area contributed by atoms with Gasteiger partial charge >= 0.3 is 0 Å². The van der Waals surface area contributed by atoms with Gasteiger partial charge in [-0.2, -0.15) is 0 Å². The molecule has 0 amide bonds. The molecule has 0 aliphatic carbocycles. The number of fused-ring (bicyclic) bond motifs is 1. The average Bonchev–Trinajstić information content (AvgIpc) is 2.74. The number of hydrogen-bond donors (Lipinski definition) is 5. The molecule has 158 valence electrons. The molecule has 4 rings (SSSR count). The number of aromatic hydroxyl groups is 1. The predicted molar refractivity (Wildman–Crippen MR) is 104 cm³/mol. The minimum Gasteiger partial charge on any atom is -0.508 e. The van der Waals surface area contributed by atoms with E-state index < -0.39 is 37.3 Å². The van der Waals surface area contributed by atoms with Gasteiger partial charge in [-0.1, -0.05) is 0 Å². The van der Waals surface area contributed by atoms with Gasteiger partial charge in [-0.25, -0.2) is 0 Å². The van der Waals surface area contributed by atoms with Crippen molar-refractivity contribution >= 4 is 11.0 Å². The lowest BCUT2D eigenvalue weighted by Gasteiger charge is -2.39. The molecule has 2 aromatic carbocycles. The maximum absolute atomic E-state index is 12.5. The second kappa shape index (κ2) is 8.05. The second-order valence-corrected chi connectivity index (χ2v) is 6.99. The predicted octanol–water partition coefficient (Wildman–Crippen LogP) is 0.344. The summed E-state index contributed by atoms with van der Waals surface area (Å²) in [5, 5.41) is 48.9. The standard InChI is InChI=1S/C21H20O9/c22-9-17-18(25)19(26)20(27)21(30-17)28-12-5-6-13-14(24)8-15(29-16(13)7-12)10-1-3-11(23)4-2-10/h1-8,17-23,25-27H,9H2/t17-,18-,19+,20-,21-/m1/s1. The van der Waals surface area contributed by atoms with Crippen molar-refractivity contribution in [2.24, 2.45) is 0 Å². The van der Waals surface area contributed by atoms with Crippen LogP contribution >= 0.6 is 0 Å². The van der Waals surface area contributed by atoms with Crippen LogP contribution in [0.1, 0.15) is 0 Å². The summed E-state index contributed by atoms with van der Waals surface area (Å²) < 4.78 is 16.7. The van der Waals surface area contributed by atoms with Gasteiger partial charge in [-0.15, -0.1) is 0 Å². The zero-order chi connectivity index (χ0) is 21.4. The van der Waals surface area contributed by atoms with Crippen LogP contribution in [0.15, 0.2) is 57.7 Å². The molecular weight excluding hydrogens is 396 g/mol. The lowest BCUT2D eigenvalue weighted by atomic mass is 9.99. The summed E-state index contributed by atoms with van der Waals surface area (Å²) in [5.41, 5.74) is 0.526. The molecule has 0 bridgehead atoms. The minimum atomic E-state index is -1.57. The smallest absolute Gasteiger partial charge is 0.229 e. The van der Waals surface area contributed by atoms with Gasteiger partial charge in [0.2, 0.25) is 6.29 Å². The summed E-state index contributed by atoms with van der Waals surface area (Å²) in [6.07, 6.45) is -7.08. The van der Waals surface area contributed by atoms with Gasteiger partial charge in [-0.05, 0) is 36.4 Å². The van der Waals surface area contributed by atoms with Crippen molar-refractivity contribution in [2.75, 3.05) is 6.61 Å². The van der Waals surface area contributed by atoms with Gasteiger partial charge in [0.05, 0.1) is 12.0 Å². The third-order valence-electron chi connectivity index (χ3n) is 4.95. The van der Waals surface area contributed by atoms with Gasteiger partial charge in [0, 0.05) is 17.7 Å². The highest BCUT2D eigenvalue weighted by molar-refractivity contribution is 5.80. The van der Waals surface area contributed by atoms with E-state index in [1.807, 2.05) is 0 Å². The van der Waals surface area contributed by atoms with Crippen molar-refractivity contribution in [1.29, 1.82) is 0 Å². The highest BCUT2D eigenvalue weighted by Crippen LogP contribution is 2.28. The fourth-order valence-electron chi connectivity index (χ4n) is 3.28. The molecule has 0 saturated carbocycles. The molecule has 3 aromatic rings. The van der Waals surface area contributed by atoms with Crippen LogP contribution in [0.5, 0.6) is 11.5 Å². The molecule has 2 heterocycles. The minimum absolute atomic E-state index is 0.0806. The van der Waals surface area contributed by atoms with Gasteiger partial charge < -0.3 is 39.4 Å². The molecule has 9 nitrogen and oxygen atoms in total. The zero-order valence-electron chi connectivity index (χ0n) is 15.6. The van der Waals surface area contributed by atoms with E-state index >= 15 is 0 Å². The van der Waals surface area contributed by atoms with E-state index in [4.69, 9.17) is 13.9 Å². The average molecular weight is 416 g/mol. The number of ether oxygens (including phenoxy) is 2. The van der Waals surface area contributed by atoms with Crippen LogP contribution in [0.4, 0.5) is 0 Å². The van der Waals surface area contributed by atoms with Crippen molar-refractivity contribution in [3.63, 3.8) is 0 Å². The fourth-order valence-corrected chi connectivity index (χ4v) is 3.28. The largest absolute Gasteiger partial charge is 0.508 e. The Labute approximate surface area is 170 Å². The molecule has 0 spiro atoms. The van der Waals surface area contributed by atoms with E-state index in [0.717, 1.165) is 0 Å². The van der Waals surface area contributed by atoms with Gasteiger partial charge in [0.25, 0.3) is 0 Å². The van der Waals surface area contributed by atoms with Gasteiger partial charge in [0.15, 0.2) is 5.43 Å². The van der Waals surface area contributed by atoms with Crippen molar-refractivity contribution in [1.82, 2.24) is 0 Å². The normalized spacial score (nSPS) is 26.6. The Balaban J connectivity index is 1.65. The summed E-state index contributed by atoms with van der Waals surface area (Å²) in [6.45, 7) is -0.576.